The molecule has 0 amide bonds. The zero-order valence-corrected chi connectivity index (χ0v) is 9.67. The normalized spacial score (nSPS) is 8.53. The molecule has 0 aliphatic carbocycles. The first-order valence-electron chi connectivity index (χ1n) is 4.53. The summed E-state index contributed by atoms with van der Waals surface area (Å²) in [4.78, 5) is 21.6. The Kier molecular flexibility index (Phi) is 6.38. The number of ether oxygens (including phenoxy) is 1. The van der Waals surface area contributed by atoms with Crippen molar-refractivity contribution in [2.24, 2.45) is 0 Å². The Morgan fingerprint density at radius 2 is 1.47 bits per heavy atom. The number of carbonyl (C=O) groups is 2. The number of hydrogen-bond acceptors (Lipinski definition) is 3. The van der Waals surface area contributed by atoms with E-state index >= 15 is 0 Å². The predicted octanol–water partition coefficient (Wildman–Crippen LogP) is 2.88. The molecule has 0 saturated carbocycles. The Morgan fingerprint density at radius 3 is 1.80 bits per heavy atom. The highest BCUT2D eigenvalue weighted by atomic mass is 35.5. The standard InChI is InChI=1S/C9H7ClO3.C2H6/c1-13-9(12)7-4-2-6(3-5-7)8(10)11;1-2/h2-5H,1H3;1-2H3. The van der Waals surface area contributed by atoms with Gasteiger partial charge in [-0.1, -0.05) is 13.8 Å². The fourth-order valence-electron chi connectivity index (χ4n) is 0.855. The second-order valence-corrected chi connectivity index (χ2v) is 2.69. The number of benzene rings is 1. The van der Waals surface area contributed by atoms with Crippen LogP contribution in [0, 0.1) is 0 Å². The van der Waals surface area contributed by atoms with E-state index < -0.39 is 11.2 Å². The van der Waals surface area contributed by atoms with Crippen molar-refractivity contribution >= 4 is 22.8 Å². The Balaban J connectivity index is 0.000000921. The summed E-state index contributed by atoms with van der Waals surface area (Å²) < 4.78 is 4.48. The van der Waals surface area contributed by atoms with Crippen LogP contribution < -0.4 is 0 Å². The average molecular weight is 229 g/mol. The van der Waals surface area contributed by atoms with Gasteiger partial charge in [-0.15, -0.1) is 0 Å². The van der Waals surface area contributed by atoms with Crippen LogP contribution in [0.4, 0.5) is 0 Å². The first-order chi connectivity index (χ1) is 7.15. The molecule has 0 aromatic heterocycles. The molecule has 0 atom stereocenters. The smallest absolute Gasteiger partial charge is 0.337 e. The second kappa shape index (κ2) is 7.01. The first kappa shape index (κ1) is 13.7. The molecule has 0 spiro atoms. The minimum absolute atomic E-state index is 0.356. The van der Waals surface area contributed by atoms with Crippen LogP contribution in [0.15, 0.2) is 24.3 Å². The molecule has 0 saturated heterocycles. The molecular weight excluding hydrogens is 216 g/mol. The summed E-state index contributed by atoms with van der Waals surface area (Å²) in [6.45, 7) is 4.00. The van der Waals surface area contributed by atoms with Crippen molar-refractivity contribution in [1.82, 2.24) is 0 Å². The lowest BCUT2D eigenvalue weighted by Crippen LogP contribution is -2.01. The van der Waals surface area contributed by atoms with Gasteiger partial charge in [0.1, 0.15) is 0 Å². The molecule has 0 heterocycles. The number of methoxy groups -OCH3 is 1. The number of carbonyl (C=O) groups excluding carboxylic acids is 2. The van der Waals surface area contributed by atoms with Crippen LogP contribution in [-0.4, -0.2) is 18.3 Å². The SMILES string of the molecule is CC.COC(=O)c1ccc(C(=O)Cl)cc1. The van der Waals surface area contributed by atoms with Gasteiger partial charge in [-0.05, 0) is 35.9 Å². The first-order valence-corrected chi connectivity index (χ1v) is 4.91. The van der Waals surface area contributed by atoms with Gasteiger partial charge in [0.15, 0.2) is 0 Å². The van der Waals surface area contributed by atoms with Gasteiger partial charge in [-0.3, -0.25) is 4.79 Å². The summed E-state index contributed by atoms with van der Waals surface area (Å²) >= 11 is 5.21. The van der Waals surface area contributed by atoms with Crippen molar-refractivity contribution in [1.29, 1.82) is 0 Å². The third kappa shape index (κ3) is 4.13. The molecule has 1 aromatic rings. The molecule has 15 heavy (non-hydrogen) atoms. The largest absolute Gasteiger partial charge is 0.465 e. The molecule has 3 nitrogen and oxygen atoms in total. The maximum Gasteiger partial charge on any atom is 0.337 e. The zero-order chi connectivity index (χ0) is 11.8. The quantitative estimate of drug-likeness (QED) is 0.578. The van der Waals surface area contributed by atoms with E-state index in [-0.39, 0.29) is 0 Å². The predicted molar refractivity (Wildman–Crippen MR) is 59.3 cm³/mol. The summed E-state index contributed by atoms with van der Waals surface area (Å²) in [6, 6.07) is 5.92. The van der Waals surface area contributed by atoms with E-state index in [1.807, 2.05) is 13.8 Å². The molecule has 0 aliphatic rings. The van der Waals surface area contributed by atoms with Crippen molar-refractivity contribution in [3.63, 3.8) is 0 Å². The molecule has 1 rings (SSSR count). The Hall–Kier alpha value is -1.35. The maximum atomic E-state index is 11.0. The molecule has 0 unspecified atom stereocenters. The number of halogens is 1. The van der Waals surface area contributed by atoms with Crippen molar-refractivity contribution in [3.05, 3.63) is 35.4 Å². The van der Waals surface area contributed by atoms with Crippen molar-refractivity contribution in [2.75, 3.05) is 7.11 Å². The molecule has 1 aromatic carbocycles. The van der Waals surface area contributed by atoms with E-state index in [1.165, 1.54) is 31.4 Å². The highest BCUT2D eigenvalue weighted by Crippen LogP contribution is 2.07. The lowest BCUT2D eigenvalue weighted by Gasteiger charge is -1.98. The monoisotopic (exact) mass is 228 g/mol. The van der Waals surface area contributed by atoms with Crippen LogP contribution >= 0.6 is 11.6 Å². The fraction of sp³-hybridized carbons (Fsp3) is 0.273. The highest BCUT2D eigenvalue weighted by Gasteiger charge is 2.06. The van der Waals surface area contributed by atoms with Gasteiger partial charge >= 0.3 is 5.97 Å². The molecular formula is C11H13ClO3. The lowest BCUT2D eigenvalue weighted by atomic mass is 10.1. The Morgan fingerprint density at radius 1 is 1.07 bits per heavy atom. The third-order valence-electron chi connectivity index (χ3n) is 1.53. The molecule has 0 radical (unpaired) electrons. The topological polar surface area (TPSA) is 43.4 Å². The summed E-state index contributed by atoms with van der Waals surface area (Å²) in [6.07, 6.45) is 0. The van der Waals surface area contributed by atoms with E-state index in [9.17, 15) is 9.59 Å². The average Bonchev–Trinajstić information content (AvgIpc) is 2.31. The van der Waals surface area contributed by atoms with Crippen LogP contribution in [0.25, 0.3) is 0 Å². The van der Waals surface area contributed by atoms with Gasteiger partial charge in [0.2, 0.25) is 0 Å². The molecule has 0 aliphatic heterocycles. The van der Waals surface area contributed by atoms with Gasteiger partial charge in [-0.2, -0.15) is 0 Å². The number of hydrogen-bond donors (Lipinski definition) is 0. The van der Waals surface area contributed by atoms with E-state index in [1.54, 1.807) is 0 Å². The summed E-state index contributed by atoms with van der Waals surface area (Å²) in [7, 11) is 1.29. The Bertz CT molecular complexity index is 330. The fourth-order valence-corrected chi connectivity index (χ4v) is 0.981. The van der Waals surface area contributed by atoms with Crippen molar-refractivity contribution < 1.29 is 14.3 Å². The maximum absolute atomic E-state index is 11.0. The van der Waals surface area contributed by atoms with Gasteiger partial charge in [-0.25, -0.2) is 4.79 Å². The van der Waals surface area contributed by atoms with Gasteiger partial charge in [0.05, 0.1) is 12.7 Å². The highest BCUT2D eigenvalue weighted by molar-refractivity contribution is 6.67. The van der Waals surface area contributed by atoms with E-state index in [2.05, 4.69) is 4.74 Å². The van der Waals surface area contributed by atoms with Gasteiger partial charge in [0, 0.05) is 5.56 Å². The van der Waals surface area contributed by atoms with Crippen LogP contribution in [0.1, 0.15) is 34.6 Å². The van der Waals surface area contributed by atoms with E-state index in [4.69, 9.17) is 11.6 Å². The number of esters is 1. The lowest BCUT2D eigenvalue weighted by molar-refractivity contribution is 0.0600. The van der Waals surface area contributed by atoms with Crippen LogP contribution in [0.3, 0.4) is 0 Å². The third-order valence-corrected chi connectivity index (χ3v) is 1.75. The van der Waals surface area contributed by atoms with Crippen LogP contribution in [0.2, 0.25) is 0 Å². The van der Waals surface area contributed by atoms with Gasteiger partial charge < -0.3 is 4.74 Å². The summed E-state index contributed by atoms with van der Waals surface area (Å²) in [5.74, 6) is -0.437. The van der Waals surface area contributed by atoms with Crippen LogP contribution in [0.5, 0.6) is 0 Å². The summed E-state index contributed by atoms with van der Waals surface area (Å²) in [5, 5.41) is -0.545. The zero-order valence-electron chi connectivity index (χ0n) is 8.91. The van der Waals surface area contributed by atoms with E-state index in [0.717, 1.165) is 0 Å². The van der Waals surface area contributed by atoms with Crippen molar-refractivity contribution in [3.8, 4) is 0 Å². The second-order valence-electron chi connectivity index (χ2n) is 2.34. The molecule has 4 heteroatoms. The van der Waals surface area contributed by atoms with Crippen molar-refractivity contribution in [2.45, 2.75) is 13.8 Å². The van der Waals surface area contributed by atoms with Gasteiger partial charge in [0.25, 0.3) is 5.24 Å². The van der Waals surface area contributed by atoms with E-state index in [0.29, 0.717) is 11.1 Å². The Labute approximate surface area is 94.0 Å². The molecule has 82 valence electrons. The molecule has 0 fully saturated rings. The minimum Gasteiger partial charge on any atom is -0.465 e. The molecule has 0 bridgehead atoms. The van der Waals surface area contributed by atoms with Crippen LogP contribution in [-0.2, 0) is 4.74 Å². The minimum atomic E-state index is -0.545. The summed E-state index contributed by atoms with van der Waals surface area (Å²) in [5.41, 5.74) is 0.749. The molecule has 0 N–H and O–H groups in total. The number of rotatable bonds is 2.